The summed E-state index contributed by atoms with van der Waals surface area (Å²) >= 11 is 12.1. The van der Waals surface area contributed by atoms with Gasteiger partial charge >= 0.3 is 0 Å². The number of anilines is 1. The van der Waals surface area contributed by atoms with Crippen LogP contribution in [0.2, 0.25) is 10.0 Å². The van der Waals surface area contributed by atoms with Gasteiger partial charge in [0.2, 0.25) is 5.91 Å². The molecule has 2 aromatic rings. The summed E-state index contributed by atoms with van der Waals surface area (Å²) in [6.07, 6.45) is 2.02. The number of hydrogen-bond donors (Lipinski definition) is 2. The van der Waals surface area contributed by atoms with Gasteiger partial charge in [0, 0.05) is 24.3 Å². The molecule has 2 aromatic carbocycles. The number of piperidine rings is 1. The molecule has 0 aliphatic carbocycles. The molecule has 5 nitrogen and oxygen atoms in total. The fourth-order valence-electron chi connectivity index (χ4n) is 3.33. The lowest BCUT2D eigenvalue weighted by Crippen LogP contribution is -2.44. The Morgan fingerprint density at radius 3 is 2.64 bits per heavy atom. The molecule has 3 rings (SSSR count). The topological polar surface area (TPSA) is 53.6 Å². The molecule has 0 atom stereocenters. The number of halogens is 2. The van der Waals surface area contributed by atoms with Gasteiger partial charge in [-0.25, -0.2) is 0 Å². The zero-order valence-corrected chi connectivity index (χ0v) is 17.4. The van der Waals surface area contributed by atoms with E-state index in [1.807, 2.05) is 36.4 Å². The first-order valence-corrected chi connectivity index (χ1v) is 10.1. The molecule has 150 valence electrons. The molecule has 7 heteroatoms. The highest BCUT2D eigenvalue weighted by atomic mass is 35.5. The van der Waals surface area contributed by atoms with Crippen molar-refractivity contribution in [2.75, 3.05) is 32.1 Å². The van der Waals surface area contributed by atoms with E-state index in [-0.39, 0.29) is 5.91 Å². The second kappa shape index (κ2) is 10.1. The Kier molecular flexibility index (Phi) is 7.57. The molecule has 0 bridgehead atoms. The predicted molar refractivity (Wildman–Crippen MR) is 114 cm³/mol. The molecular weight excluding hydrogens is 397 g/mol. The summed E-state index contributed by atoms with van der Waals surface area (Å²) in [6.45, 7) is 3.12. The number of nitrogens with one attached hydrogen (secondary N) is 2. The third-order valence-electron chi connectivity index (χ3n) is 4.88. The summed E-state index contributed by atoms with van der Waals surface area (Å²) in [5.74, 6) is 0.673. The minimum atomic E-state index is -0.0495. The molecule has 0 spiro atoms. The Balaban J connectivity index is 1.39. The molecule has 0 aromatic heterocycles. The number of rotatable bonds is 7. The van der Waals surface area contributed by atoms with Gasteiger partial charge in [-0.2, -0.15) is 0 Å². The van der Waals surface area contributed by atoms with Crippen LogP contribution < -0.4 is 15.4 Å². The molecule has 2 N–H and O–H groups in total. The Morgan fingerprint density at radius 2 is 1.93 bits per heavy atom. The van der Waals surface area contributed by atoms with Gasteiger partial charge in [0.25, 0.3) is 0 Å². The number of ether oxygens (including phenoxy) is 1. The van der Waals surface area contributed by atoms with Crippen LogP contribution in [-0.4, -0.2) is 43.6 Å². The van der Waals surface area contributed by atoms with Crippen molar-refractivity contribution in [3.63, 3.8) is 0 Å². The standard InChI is InChI=1S/C21H25Cl2N3O2/c1-28-18-4-2-3-17(12-18)25-21(27)13-24-16-7-9-26(10-8-16)14-15-5-6-19(22)20(23)11-15/h2-6,11-12,16,24H,7-10,13-14H2,1H3,(H,25,27). The van der Waals surface area contributed by atoms with Crippen LogP contribution in [-0.2, 0) is 11.3 Å². The Bertz CT molecular complexity index is 808. The number of methoxy groups -OCH3 is 1. The minimum Gasteiger partial charge on any atom is -0.497 e. The second-order valence-electron chi connectivity index (χ2n) is 6.96. The number of likely N-dealkylation sites (tertiary alicyclic amines) is 1. The van der Waals surface area contributed by atoms with Crippen molar-refractivity contribution in [2.24, 2.45) is 0 Å². The maximum atomic E-state index is 12.2. The van der Waals surface area contributed by atoms with E-state index in [4.69, 9.17) is 27.9 Å². The van der Waals surface area contributed by atoms with E-state index in [0.717, 1.165) is 43.9 Å². The van der Waals surface area contributed by atoms with E-state index in [1.54, 1.807) is 13.2 Å². The van der Waals surface area contributed by atoms with Crippen LogP contribution in [0.25, 0.3) is 0 Å². The van der Waals surface area contributed by atoms with Crippen molar-refractivity contribution in [1.82, 2.24) is 10.2 Å². The van der Waals surface area contributed by atoms with Crippen molar-refractivity contribution in [3.8, 4) is 5.75 Å². The number of carbonyl (C=O) groups is 1. The van der Waals surface area contributed by atoms with Crippen molar-refractivity contribution in [2.45, 2.75) is 25.4 Å². The van der Waals surface area contributed by atoms with Gasteiger partial charge < -0.3 is 15.4 Å². The first-order valence-electron chi connectivity index (χ1n) is 9.37. The highest BCUT2D eigenvalue weighted by Crippen LogP contribution is 2.24. The highest BCUT2D eigenvalue weighted by Gasteiger charge is 2.19. The smallest absolute Gasteiger partial charge is 0.238 e. The SMILES string of the molecule is COc1cccc(NC(=O)CNC2CCN(Cc3ccc(Cl)c(Cl)c3)CC2)c1. The van der Waals surface area contributed by atoms with Crippen LogP contribution in [0.1, 0.15) is 18.4 Å². The van der Waals surface area contributed by atoms with E-state index >= 15 is 0 Å². The quantitative estimate of drug-likeness (QED) is 0.703. The largest absolute Gasteiger partial charge is 0.497 e. The van der Waals surface area contributed by atoms with Crippen LogP contribution in [0, 0.1) is 0 Å². The third-order valence-corrected chi connectivity index (χ3v) is 5.62. The summed E-state index contributed by atoms with van der Waals surface area (Å²) in [4.78, 5) is 14.6. The Labute approximate surface area is 176 Å². The molecule has 28 heavy (non-hydrogen) atoms. The lowest BCUT2D eigenvalue weighted by molar-refractivity contribution is -0.115. The van der Waals surface area contributed by atoms with Gasteiger partial charge in [0.05, 0.1) is 23.7 Å². The lowest BCUT2D eigenvalue weighted by Gasteiger charge is -2.32. The summed E-state index contributed by atoms with van der Waals surface area (Å²) in [7, 11) is 1.61. The van der Waals surface area contributed by atoms with Gasteiger partial charge in [-0.1, -0.05) is 35.3 Å². The monoisotopic (exact) mass is 421 g/mol. The lowest BCUT2D eigenvalue weighted by atomic mass is 10.0. The molecule has 0 saturated carbocycles. The normalized spacial score (nSPS) is 15.4. The third kappa shape index (κ3) is 6.11. The van der Waals surface area contributed by atoms with Crippen molar-refractivity contribution < 1.29 is 9.53 Å². The van der Waals surface area contributed by atoms with Gasteiger partial charge in [-0.3, -0.25) is 9.69 Å². The fraction of sp³-hybridized carbons (Fsp3) is 0.381. The molecule has 1 heterocycles. The van der Waals surface area contributed by atoms with Gasteiger partial charge in [0.1, 0.15) is 5.75 Å². The van der Waals surface area contributed by atoms with E-state index in [0.29, 0.717) is 22.6 Å². The van der Waals surface area contributed by atoms with Gasteiger partial charge in [-0.15, -0.1) is 0 Å². The number of nitrogens with zero attached hydrogens (tertiary/aromatic N) is 1. The summed E-state index contributed by atoms with van der Waals surface area (Å²) in [5.41, 5.74) is 1.90. The molecule has 1 saturated heterocycles. The highest BCUT2D eigenvalue weighted by molar-refractivity contribution is 6.42. The maximum absolute atomic E-state index is 12.2. The molecular formula is C21H25Cl2N3O2. The van der Waals surface area contributed by atoms with Gasteiger partial charge in [-0.05, 0) is 55.8 Å². The summed E-state index contributed by atoms with van der Waals surface area (Å²) < 4.78 is 5.17. The van der Waals surface area contributed by atoms with Crippen molar-refractivity contribution >= 4 is 34.8 Å². The summed E-state index contributed by atoms with van der Waals surface area (Å²) in [6, 6.07) is 13.5. The number of amides is 1. The van der Waals surface area contributed by atoms with Crippen LogP contribution in [0.15, 0.2) is 42.5 Å². The number of carbonyl (C=O) groups excluding carboxylic acids is 1. The minimum absolute atomic E-state index is 0.0495. The Morgan fingerprint density at radius 1 is 1.14 bits per heavy atom. The van der Waals surface area contributed by atoms with E-state index < -0.39 is 0 Å². The maximum Gasteiger partial charge on any atom is 0.238 e. The van der Waals surface area contributed by atoms with Crippen LogP contribution in [0.4, 0.5) is 5.69 Å². The summed E-state index contributed by atoms with van der Waals surface area (Å²) in [5, 5.41) is 7.43. The molecule has 1 aliphatic rings. The molecule has 1 aliphatic heterocycles. The first kappa shape index (κ1) is 20.9. The molecule has 1 fully saturated rings. The Hall–Kier alpha value is -1.79. The zero-order chi connectivity index (χ0) is 19.9. The second-order valence-corrected chi connectivity index (χ2v) is 7.77. The van der Waals surface area contributed by atoms with Crippen LogP contribution >= 0.6 is 23.2 Å². The zero-order valence-electron chi connectivity index (χ0n) is 15.9. The number of benzene rings is 2. The molecule has 1 amide bonds. The van der Waals surface area contributed by atoms with E-state index in [1.165, 1.54) is 5.56 Å². The molecule has 0 radical (unpaired) electrons. The fourth-order valence-corrected chi connectivity index (χ4v) is 3.66. The van der Waals surface area contributed by atoms with Crippen molar-refractivity contribution in [3.05, 3.63) is 58.1 Å². The van der Waals surface area contributed by atoms with Gasteiger partial charge in [0.15, 0.2) is 0 Å². The van der Waals surface area contributed by atoms with E-state index in [2.05, 4.69) is 15.5 Å². The van der Waals surface area contributed by atoms with Crippen LogP contribution in [0.5, 0.6) is 5.75 Å². The number of hydrogen-bond acceptors (Lipinski definition) is 4. The van der Waals surface area contributed by atoms with E-state index in [9.17, 15) is 4.79 Å². The first-order chi connectivity index (χ1) is 13.5. The average molecular weight is 422 g/mol. The average Bonchev–Trinajstić information content (AvgIpc) is 2.70. The van der Waals surface area contributed by atoms with Crippen LogP contribution in [0.3, 0.4) is 0 Å². The van der Waals surface area contributed by atoms with Crippen molar-refractivity contribution in [1.29, 1.82) is 0 Å². The molecule has 0 unspecified atom stereocenters. The predicted octanol–water partition coefficient (Wildman–Crippen LogP) is 4.19.